The van der Waals surface area contributed by atoms with Gasteiger partial charge in [0.1, 0.15) is 11.2 Å². The topological polar surface area (TPSA) is 43.1 Å². The number of aromatic nitrogens is 4. The van der Waals surface area contributed by atoms with Crippen LogP contribution >= 0.6 is 0 Å². The highest BCUT2D eigenvalue weighted by Gasteiger charge is 2.30. The zero-order valence-electron chi connectivity index (χ0n) is 16.6. The Morgan fingerprint density at radius 2 is 1.45 bits per heavy atom. The van der Waals surface area contributed by atoms with Crippen molar-refractivity contribution < 1.29 is 0 Å². The molecule has 0 saturated heterocycles. The van der Waals surface area contributed by atoms with Crippen molar-refractivity contribution in [2.75, 3.05) is 0 Å². The van der Waals surface area contributed by atoms with Gasteiger partial charge in [-0.3, -0.25) is 9.38 Å². The Morgan fingerprint density at radius 3 is 2.42 bits per heavy atom. The van der Waals surface area contributed by atoms with E-state index < -0.39 is 0 Å². The molecule has 144 valence electrons. The summed E-state index contributed by atoms with van der Waals surface area (Å²) in [5.41, 5.74) is 13.3. The number of benzene rings is 2. The highest BCUT2D eigenvalue weighted by molar-refractivity contribution is 6.10. The van der Waals surface area contributed by atoms with Crippen molar-refractivity contribution >= 4 is 27.6 Å². The van der Waals surface area contributed by atoms with Crippen LogP contribution in [0.4, 0.5) is 0 Å². The summed E-state index contributed by atoms with van der Waals surface area (Å²) in [5.74, 6) is 0. The molecule has 0 bridgehead atoms. The molecule has 31 heavy (non-hydrogen) atoms. The monoisotopic (exact) mass is 396 g/mol. The smallest absolute Gasteiger partial charge is 0.165 e. The number of fused-ring (bicyclic) bond motifs is 13. The van der Waals surface area contributed by atoms with Gasteiger partial charge in [0.05, 0.1) is 11.4 Å². The number of nitrogens with zero attached hydrogens (tertiary/aromatic N) is 4. The maximum absolute atomic E-state index is 5.09. The van der Waals surface area contributed by atoms with Gasteiger partial charge in [-0.1, -0.05) is 30.3 Å². The van der Waals surface area contributed by atoms with Crippen molar-refractivity contribution in [2.24, 2.45) is 0 Å². The Bertz CT molecular complexity index is 1740. The highest BCUT2D eigenvalue weighted by atomic mass is 15.1. The molecule has 0 saturated carbocycles. The number of pyridine rings is 3. The van der Waals surface area contributed by atoms with E-state index in [1.54, 1.807) is 0 Å². The van der Waals surface area contributed by atoms with E-state index in [0.29, 0.717) is 0 Å². The van der Waals surface area contributed by atoms with Gasteiger partial charge in [0.2, 0.25) is 0 Å². The summed E-state index contributed by atoms with van der Waals surface area (Å²) in [6.45, 7) is 0. The lowest BCUT2D eigenvalue weighted by Gasteiger charge is -2.11. The van der Waals surface area contributed by atoms with Crippen molar-refractivity contribution in [3.63, 3.8) is 0 Å². The van der Waals surface area contributed by atoms with E-state index in [2.05, 4.69) is 52.9 Å². The second-order valence-corrected chi connectivity index (χ2v) is 8.52. The third kappa shape index (κ3) is 1.88. The highest BCUT2D eigenvalue weighted by Crippen LogP contribution is 2.45. The Morgan fingerprint density at radius 1 is 0.645 bits per heavy atom. The first-order valence-corrected chi connectivity index (χ1v) is 10.6. The van der Waals surface area contributed by atoms with Gasteiger partial charge < -0.3 is 0 Å². The second-order valence-electron chi connectivity index (χ2n) is 8.52. The van der Waals surface area contributed by atoms with Crippen molar-refractivity contribution in [2.45, 2.75) is 12.8 Å². The van der Waals surface area contributed by atoms with E-state index >= 15 is 0 Å². The number of imidazole rings is 1. The van der Waals surface area contributed by atoms with E-state index in [-0.39, 0.29) is 0 Å². The molecule has 6 aromatic rings. The quantitative estimate of drug-likeness (QED) is 0.315. The SMILES string of the molecule is c1ccc2c(c1)Cc1cc3c(cc1-2)Cc1nc2c4ncccc4c4cccnc4n2c1-3. The van der Waals surface area contributed by atoms with Crippen molar-refractivity contribution in [1.82, 2.24) is 19.4 Å². The summed E-state index contributed by atoms with van der Waals surface area (Å²) in [4.78, 5) is 14.6. The lowest BCUT2D eigenvalue weighted by atomic mass is 9.99. The molecule has 4 heterocycles. The molecule has 0 spiro atoms. The predicted molar refractivity (Wildman–Crippen MR) is 122 cm³/mol. The fraction of sp³-hybridized carbons (Fsp3) is 0.0741. The minimum absolute atomic E-state index is 0.852. The first kappa shape index (κ1) is 15.7. The van der Waals surface area contributed by atoms with E-state index in [9.17, 15) is 0 Å². The molecule has 0 atom stereocenters. The van der Waals surface area contributed by atoms with Crippen LogP contribution in [0.15, 0.2) is 73.1 Å². The molecular formula is C27H16N4. The largest absolute Gasteiger partial charge is 0.274 e. The van der Waals surface area contributed by atoms with Crippen LogP contribution in [0.1, 0.15) is 22.4 Å². The molecule has 0 amide bonds. The number of hydrogen-bond donors (Lipinski definition) is 0. The van der Waals surface area contributed by atoms with E-state index in [1.807, 2.05) is 24.5 Å². The molecular weight excluding hydrogens is 380 g/mol. The summed E-state index contributed by atoms with van der Waals surface area (Å²) in [5, 5.41) is 2.21. The minimum Gasteiger partial charge on any atom is -0.274 e. The maximum Gasteiger partial charge on any atom is 0.165 e. The molecule has 2 aliphatic carbocycles. The summed E-state index contributed by atoms with van der Waals surface area (Å²) < 4.78 is 2.24. The first-order chi connectivity index (χ1) is 15.4. The average molecular weight is 396 g/mol. The normalized spacial score (nSPS) is 13.5. The maximum atomic E-state index is 5.09. The van der Waals surface area contributed by atoms with Gasteiger partial charge in [0.25, 0.3) is 0 Å². The zero-order chi connectivity index (χ0) is 20.1. The summed E-state index contributed by atoms with van der Waals surface area (Å²) >= 11 is 0. The standard InChI is InChI=1S/C27H16N4/c1-2-6-18-15(5-1)11-16-13-22-17(12-21(16)18)14-23-25(22)31-26-20(8-4-10-29-26)19-7-3-9-28-24(19)27(31)30-23/h1-10,12-13H,11,14H2. The molecule has 2 aromatic carbocycles. The predicted octanol–water partition coefficient (Wildman–Crippen LogP) is 5.57. The van der Waals surface area contributed by atoms with Gasteiger partial charge in [-0.15, -0.1) is 0 Å². The van der Waals surface area contributed by atoms with Crippen LogP contribution in [-0.2, 0) is 12.8 Å². The molecule has 0 fully saturated rings. The van der Waals surface area contributed by atoms with Crippen molar-refractivity contribution in [3.05, 3.63) is 95.4 Å². The molecule has 0 N–H and O–H groups in total. The van der Waals surface area contributed by atoms with Gasteiger partial charge in [0, 0.05) is 35.2 Å². The Kier molecular flexibility index (Phi) is 2.72. The van der Waals surface area contributed by atoms with Gasteiger partial charge in [0.15, 0.2) is 5.65 Å². The molecule has 4 nitrogen and oxygen atoms in total. The fourth-order valence-electron chi connectivity index (χ4n) is 5.59. The molecule has 0 aliphatic heterocycles. The Hall–Kier alpha value is -4.05. The minimum atomic E-state index is 0.852. The zero-order valence-corrected chi connectivity index (χ0v) is 16.6. The van der Waals surface area contributed by atoms with Crippen molar-refractivity contribution in [1.29, 1.82) is 0 Å². The van der Waals surface area contributed by atoms with Crippen LogP contribution in [-0.4, -0.2) is 19.4 Å². The molecule has 2 aliphatic rings. The Labute approximate surface area is 177 Å². The Balaban J connectivity index is 1.49. The number of rotatable bonds is 0. The van der Waals surface area contributed by atoms with Crippen LogP contribution in [0.5, 0.6) is 0 Å². The summed E-state index contributed by atoms with van der Waals surface area (Å²) in [6, 6.07) is 21.8. The molecule has 4 heteroatoms. The van der Waals surface area contributed by atoms with Gasteiger partial charge >= 0.3 is 0 Å². The van der Waals surface area contributed by atoms with Crippen LogP contribution in [0.2, 0.25) is 0 Å². The van der Waals surface area contributed by atoms with Crippen LogP contribution in [0.25, 0.3) is 50.0 Å². The van der Waals surface area contributed by atoms with Crippen LogP contribution in [0.3, 0.4) is 0 Å². The summed E-state index contributed by atoms with van der Waals surface area (Å²) in [6.07, 6.45) is 5.56. The van der Waals surface area contributed by atoms with Gasteiger partial charge in [-0.25, -0.2) is 9.97 Å². The second kappa shape index (κ2) is 5.35. The lowest BCUT2D eigenvalue weighted by molar-refractivity contribution is 1.16. The third-order valence-electron chi connectivity index (χ3n) is 6.89. The summed E-state index contributed by atoms with van der Waals surface area (Å²) in [7, 11) is 0. The lowest BCUT2D eigenvalue weighted by Crippen LogP contribution is -1.97. The first-order valence-electron chi connectivity index (χ1n) is 10.6. The van der Waals surface area contributed by atoms with Gasteiger partial charge in [-0.05, 0) is 64.6 Å². The molecule has 0 unspecified atom stereocenters. The van der Waals surface area contributed by atoms with E-state index in [4.69, 9.17) is 15.0 Å². The van der Waals surface area contributed by atoms with Crippen LogP contribution in [0, 0.1) is 0 Å². The number of hydrogen-bond acceptors (Lipinski definition) is 3. The van der Waals surface area contributed by atoms with Crippen LogP contribution < -0.4 is 0 Å². The van der Waals surface area contributed by atoms with Gasteiger partial charge in [-0.2, -0.15) is 0 Å². The average Bonchev–Trinajstić information content (AvgIpc) is 3.47. The fourth-order valence-corrected chi connectivity index (χ4v) is 5.59. The molecule has 8 rings (SSSR count). The molecule has 0 radical (unpaired) electrons. The molecule has 4 aromatic heterocycles. The van der Waals surface area contributed by atoms with Crippen molar-refractivity contribution in [3.8, 4) is 22.4 Å². The van der Waals surface area contributed by atoms with E-state index in [0.717, 1.165) is 46.1 Å². The van der Waals surface area contributed by atoms with E-state index in [1.165, 1.54) is 39.1 Å². The third-order valence-corrected chi connectivity index (χ3v) is 6.89.